The van der Waals surface area contributed by atoms with Crippen molar-refractivity contribution in [1.29, 1.82) is 0 Å². The lowest BCUT2D eigenvalue weighted by atomic mass is 10.2. The summed E-state index contributed by atoms with van der Waals surface area (Å²) < 4.78 is 72.9. The molecular formula is C7H2BrF6N. The topological polar surface area (TPSA) is 12.9 Å². The highest BCUT2D eigenvalue weighted by molar-refractivity contribution is 9.10. The van der Waals surface area contributed by atoms with Gasteiger partial charge in [-0.15, -0.1) is 0 Å². The van der Waals surface area contributed by atoms with Gasteiger partial charge in [-0.3, -0.25) is 0 Å². The summed E-state index contributed by atoms with van der Waals surface area (Å²) in [6, 6.07) is 0.384. The summed E-state index contributed by atoms with van der Waals surface area (Å²) in [5, 5.41) is 0. The average Bonchev–Trinajstić information content (AvgIpc) is 1.99. The average molecular weight is 294 g/mol. The number of alkyl halides is 5. The van der Waals surface area contributed by atoms with E-state index in [-0.39, 0.29) is 0 Å². The Morgan fingerprint density at radius 1 is 1.27 bits per heavy atom. The Labute approximate surface area is 88.2 Å². The first-order valence-corrected chi connectivity index (χ1v) is 4.24. The van der Waals surface area contributed by atoms with Gasteiger partial charge in [-0.25, -0.2) is 13.8 Å². The molecule has 1 aromatic rings. The van der Waals surface area contributed by atoms with Crippen molar-refractivity contribution >= 4 is 15.9 Å². The molecule has 0 bridgehead atoms. The first-order valence-electron chi connectivity index (χ1n) is 3.44. The van der Waals surface area contributed by atoms with Crippen LogP contribution < -0.4 is 0 Å². The predicted octanol–water partition coefficient (Wildman–Crippen LogP) is 3.94. The standard InChI is InChI=1S/C7H2BrF6N/c8-2-1-3(9)15-5(6(10)11)4(2)7(12,13)14/h1,6H. The monoisotopic (exact) mass is 293 g/mol. The van der Waals surface area contributed by atoms with E-state index in [2.05, 4.69) is 20.9 Å². The molecule has 1 rings (SSSR count). The van der Waals surface area contributed by atoms with E-state index in [1.807, 2.05) is 0 Å². The van der Waals surface area contributed by atoms with Crippen LogP contribution in [-0.2, 0) is 6.18 Å². The molecule has 0 fully saturated rings. The zero-order valence-electron chi connectivity index (χ0n) is 6.75. The maximum Gasteiger partial charge on any atom is 0.419 e. The number of aromatic nitrogens is 1. The summed E-state index contributed by atoms with van der Waals surface area (Å²) in [5.74, 6) is -1.40. The Morgan fingerprint density at radius 3 is 2.20 bits per heavy atom. The molecule has 0 aliphatic carbocycles. The van der Waals surface area contributed by atoms with Crippen molar-refractivity contribution in [2.45, 2.75) is 12.6 Å². The number of halogens is 7. The number of hydrogen-bond donors (Lipinski definition) is 0. The van der Waals surface area contributed by atoms with Crippen LogP contribution in [0.1, 0.15) is 17.7 Å². The fraction of sp³-hybridized carbons (Fsp3) is 0.286. The fourth-order valence-corrected chi connectivity index (χ4v) is 1.56. The zero-order chi connectivity index (χ0) is 11.8. The van der Waals surface area contributed by atoms with Crippen molar-refractivity contribution in [2.75, 3.05) is 0 Å². The van der Waals surface area contributed by atoms with Crippen molar-refractivity contribution < 1.29 is 26.3 Å². The van der Waals surface area contributed by atoms with E-state index < -0.39 is 34.3 Å². The van der Waals surface area contributed by atoms with Gasteiger partial charge in [-0.05, 0) is 15.9 Å². The third-order valence-corrected chi connectivity index (χ3v) is 2.08. The SMILES string of the molecule is Fc1cc(Br)c(C(F)(F)F)c(C(F)F)n1. The first kappa shape index (κ1) is 12.3. The molecule has 1 heterocycles. The molecule has 0 saturated carbocycles. The fourth-order valence-electron chi connectivity index (χ4n) is 0.941. The minimum atomic E-state index is -5.01. The lowest BCUT2D eigenvalue weighted by Crippen LogP contribution is -2.13. The molecule has 0 aromatic carbocycles. The van der Waals surface area contributed by atoms with Gasteiger partial charge in [0.15, 0.2) is 0 Å². The largest absolute Gasteiger partial charge is 0.419 e. The number of nitrogens with zero attached hydrogens (tertiary/aromatic N) is 1. The Hall–Kier alpha value is -0.790. The molecule has 1 nitrogen and oxygen atoms in total. The molecule has 0 amide bonds. The molecule has 84 valence electrons. The highest BCUT2D eigenvalue weighted by Crippen LogP contribution is 2.39. The Morgan fingerprint density at radius 2 is 1.80 bits per heavy atom. The third kappa shape index (κ3) is 2.61. The third-order valence-electron chi connectivity index (χ3n) is 1.46. The number of rotatable bonds is 1. The predicted molar refractivity (Wildman–Crippen MR) is 41.9 cm³/mol. The molecule has 0 aliphatic heterocycles. The normalized spacial score (nSPS) is 12.3. The van der Waals surface area contributed by atoms with Gasteiger partial charge in [-0.2, -0.15) is 17.6 Å². The van der Waals surface area contributed by atoms with E-state index in [4.69, 9.17) is 0 Å². The summed E-state index contributed by atoms with van der Waals surface area (Å²) >= 11 is 2.37. The highest BCUT2D eigenvalue weighted by atomic mass is 79.9. The molecule has 0 unspecified atom stereocenters. The van der Waals surface area contributed by atoms with Gasteiger partial charge in [0.2, 0.25) is 5.95 Å². The Balaban J connectivity index is 3.48. The summed E-state index contributed by atoms with van der Waals surface area (Å²) in [6.07, 6.45) is -8.50. The van der Waals surface area contributed by atoms with Crippen molar-refractivity contribution in [3.63, 3.8) is 0 Å². The van der Waals surface area contributed by atoms with Crippen LogP contribution >= 0.6 is 15.9 Å². The lowest BCUT2D eigenvalue weighted by molar-refractivity contribution is -0.140. The van der Waals surface area contributed by atoms with Gasteiger partial charge >= 0.3 is 6.18 Å². The van der Waals surface area contributed by atoms with Crippen LogP contribution in [0.15, 0.2) is 10.5 Å². The molecule has 0 radical (unpaired) electrons. The van der Waals surface area contributed by atoms with Crippen LogP contribution in [-0.4, -0.2) is 4.98 Å². The minimum Gasteiger partial charge on any atom is -0.218 e. The maximum absolute atomic E-state index is 12.5. The zero-order valence-corrected chi connectivity index (χ0v) is 8.33. The van der Waals surface area contributed by atoms with Gasteiger partial charge in [-0.1, -0.05) is 0 Å². The van der Waals surface area contributed by atoms with E-state index in [1.54, 1.807) is 0 Å². The lowest BCUT2D eigenvalue weighted by Gasteiger charge is -2.13. The molecule has 1 aromatic heterocycles. The molecule has 0 spiro atoms. The van der Waals surface area contributed by atoms with Crippen LogP contribution in [0.4, 0.5) is 26.3 Å². The summed E-state index contributed by atoms with van der Waals surface area (Å²) in [5.41, 5.74) is -3.27. The second kappa shape index (κ2) is 3.99. The molecule has 15 heavy (non-hydrogen) atoms. The van der Waals surface area contributed by atoms with Crippen LogP contribution in [0, 0.1) is 5.95 Å². The second-order valence-electron chi connectivity index (χ2n) is 2.49. The van der Waals surface area contributed by atoms with E-state index in [9.17, 15) is 26.3 Å². The van der Waals surface area contributed by atoms with Gasteiger partial charge < -0.3 is 0 Å². The highest BCUT2D eigenvalue weighted by Gasteiger charge is 2.39. The van der Waals surface area contributed by atoms with Crippen LogP contribution in [0.3, 0.4) is 0 Å². The molecule has 0 saturated heterocycles. The summed E-state index contributed by atoms with van der Waals surface area (Å²) in [4.78, 5) is 2.53. The van der Waals surface area contributed by atoms with Crippen LogP contribution in [0.2, 0.25) is 0 Å². The summed E-state index contributed by atoms with van der Waals surface area (Å²) in [6.45, 7) is 0. The van der Waals surface area contributed by atoms with Crippen molar-refractivity contribution in [2.24, 2.45) is 0 Å². The van der Waals surface area contributed by atoms with Crippen LogP contribution in [0.5, 0.6) is 0 Å². The van der Waals surface area contributed by atoms with E-state index in [1.165, 1.54) is 0 Å². The quantitative estimate of drug-likeness (QED) is 0.564. The second-order valence-corrected chi connectivity index (χ2v) is 3.34. The minimum absolute atomic E-state index is 0.384. The van der Waals surface area contributed by atoms with E-state index in [0.717, 1.165) is 0 Å². The van der Waals surface area contributed by atoms with E-state index >= 15 is 0 Å². The molecule has 0 N–H and O–H groups in total. The van der Waals surface area contributed by atoms with Crippen LogP contribution in [0.25, 0.3) is 0 Å². The molecule has 8 heteroatoms. The summed E-state index contributed by atoms with van der Waals surface area (Å²) in [7, 11) is 0. The van der Waals surface area contributed by atoms with Crippen molar-refractivity contribution in [3.05, 3.63) is 27.7 Å². The van der Waals surface area contributed by atoms with Crippen molar-refractivity contribution in [1.82, 2.24) is 4.98 Å². The maximum atomic E-state index is 12.5. The van der Waals surface area contributed by atoms with Gasteiger partial charge in [0.25, 0.3) is 6.43 Å². The van der Waals surface area contributed by atoms with Gasteiger partial charge in [0.05, 0.1) is 5.56 Å². The number of pyridine rings is 1. The molecular weight excluding hydrogens is 292 g/mol. The molecule has 0 aliphatic rings. The van der Waals surface area contributed by atoms with Gasteiger partial charge in [0, 0.05) is 10.5 Å². The number of hydrogen-bond acceptors (Lipinski definition) is 1. The van der Waals surface area contributed by atoms with E-state index in [0.29, 0.717) is 6.07 Å². The molecule has 0 atom stereocenters. The smallest absolute Gasteiger partial charge is 0.218 e. The van der Waals surface area contributed by atoms with Gasteiger partial charge in [0.1, 0.15) is 5.69 Å². The Bertz CT molecular complexity index is 374. The van der Waals surface area contributed by atoms with Crippen molar-refractivity contribution in [3.8, 4) is 0 Å². The first-order chi connectivity index (χ1) is 6.73. The Kier molecular flexibility index (Phi) is 3.27.